The molecule has 5 nitrogen and oxygen atoms in total. The van der Waals surface area contributed by atoms with E-state index >= 15 is 0 Å². The molecule has 2 aliphatic carbocycles. The van der Waals surface area contributed by atoms with Crippen LogP contribution in [0.15, 0.2) is 66.7 Å². The minimum absolute atomic E-state index is 0.0610. The summed E-state index contributed by atoms with van der Waals surface area (Å²) < 4.78 is 20.3. The van der Waals surface area contributed by atoms with E-state index in [0.717, 1.165) is 33.2 Å². The molecule has 0 aliphatic heterocycles. The average Bonchev–Trinajstić information content (AvgIpc) is 3.58. The van der Waals surface area contributed by atoms with E-state index < -0.39 is 23.9 Å². The standard InChI is InChI=1S/C26H21ClFNO4/c27-15-9-12-21(23(28)13-15)24(25(30)31)29(16-10-11-16)26(32)33-14-22-19-7-3-1-5-17(19)18-6-2-4-8-20(18)22/h1-9,12-13,16,22,24H,10-11,14H2,(H,30,31). The molecule has 1 amide bonds. The highest BCUT2D eigenvalue weighted by Crippen LogP contribution is 2.45. The number of fused-ring (bicyclic) bond motifs is 3. The third-order valence-electron chi connectivity index (χ3n) is 6.26. The third-order valence-corrected chi connectivity index (χ3v) is 6.49. The second-order valence-corrected chi connectivity index (χ2v) is 8.79. The number of hydrogen-bond donors (Lipinski definition) is 1. The molecule has 1 N–H and O–H groups in total. The van der Waals surface area contributed by atoms with Crippen LogP contribution in [0.3, 0.4) is 0 Å². The van der Waals surface area contributed by atoms with E-state index in [1.165, 1.54) is 12.1 Å². The number of carbonyl (C=O) groups is 2. The zero-order chi connectivity index (χ0) is 23.1. The van der Waals surface area contributed by atoms with E-state index in [-0.39, 0.29) is 29.2 Å². The van der Waals surface area contributed by atoms with Crippen molar-refractivity contribution < 1.29 is 23.8 Å². The highest BCUT2D eigenvalue weighted by atomic mass is 35.5. The quantitative estimate of drug-likeness (QED) is 0.483. The first-order valence-corrected chi connectivity index (χ1v) is 11.1. The highest BCUT2D eigenvalue weighted by Gasteiger charge is 2.44. The Morgan fingerprint density at radius 1 is 1.03 bits per heavy atom. The molecule has 0 aromatic heterocycles. The Kier molecular flexibility index (Phi) is 5.54. The maximum atomic E-state index is 14.6. The van der Waals surface area contributed by atoms with Crippen molar-refractivity contribution in [2.24, 2.45) is 0 Å². The number of amides is 1. The summed E-state index contributed by atoms with van der Waals surface area (Å²) in [5.74, 6) is -2.25. The Bertz CT molecular complexity index is 1200. The van der Waals surface area contributed by atoms with Crippen LogP contribution in [-0.4, -0.2) is 34.7 Å². The number of aliphatic carboxylic acids is 1. The molecule has 1 atom stereocenters. The van der Waals surface area contributed by atoms with Crippen LogP contribution in [0.4, 0.5) is 9.18 Å². The van der Waals surface area contributed by atoms with Gasteiger partial charge in [0.2, 0.25) is 0 Å². The zero-order valence-electron chi connectivity index (χ0n) is 17.6. The number of rotatable bonds is 6. The van der Waals surface area contributed by atoms with Gasteiger partial charge >= 0.3 is 12.1 Å². The smallest absolute Gasteiger partial charge is 0.411 e. The molecule has 3 aromatic carbocycles. The molecule has 0 radical (unpaired) electrons. The molecule has 168 valence electrons. The number of carboxylic acid groups (broad SMARTS) is 1. The summed E-state index contributed by atoms with van der Waals surface area (Å²) in [5, 5.41) is 10.1. The SMILES string of the molecule is O=C(O)C(c1ccc(Cl)cc1F)N(C(=O)OCC1c2ccccc2-c2ccccc21)C1CC1. The minimum atomic E-state index is -1.49. The molecule has 3 aromatic rings. The number of ether oxygens (including phenoxy) is 1. The second kappa shape index (κ2) is 8.52. The van der Waals surface area contributed by atoms with E-state index in [1.807, 2.05) is 48.5 Å². The molecule has 1 unspecified atom stereocenters. The lowest BCUT2D eigenvalue weighted by atomic mass is 9.98. The van der Waals surface area contributed by atoms with Gasteiger partial charge in [0.25, 0.3) is 0 Å². The van der Waals surface area contributed by atoms with E-state index in [1.54, 1.807) is 0 Å². The van der Waals surface area contributed by atoms with Gasteiger partial charge in [-0.25, -0.2) is 14.0 Å². The summed E-state index contributed by atoms with van der Waals surface area (Å²) in [5.41, 5.74) is 4.19. The van der Waals surface area contributed by atoms with Crippen molar-refractivity contribution in [1.29, 1.82) is 0 Å². The topological polar surface area (TPSA) is 66.8 Å². The van der Waals surface area contributed by atoms with Crippen molar-refractivity contribution in [2.75, 3.05) is 6.61 Å². The fraction of sp³-hybridized carbons (Fsp3) is 0.231. The van der Waals surface area contributed by atoms with Crippen LogP contribution < -0.4 is 0 Å². The van der Waals surface area contributed by atoms with Crippen molar-refractivity contribution in [3.05, 3.63) is 94.3 Å². The molecular weight excluding hydrogens is 445 g/mol. The molecule has 0 saturated heterocycles. The average molecular weight is 466 g/mol. The van der Waals surface area contributed by atoms with Gasteiger partial charge in [-0.15, -0.1) is 0 Å². The molecule has 1 saturated carbocycles. The Hall–Kier alpha value is -3.38. The van der Waals surface area contributed by atoms with Crippen molar-refractivity contribution >= 4 is 23.7 Å². The molecular formula is C26H21ClFNO4. The normalized spacial score (nSPS) is 15.5. The van der Waals surface area contributed by atoms with E-state index in [4.69, 9.17) is 16.3 Å². The van der Waals surface area contributed by atoms with Crippen LogP contribution >= 0.6 is 11.6 Å². The summed E-state index contributed by atoms with van der Waals surface area (Å²) in [4.78, 5) is 26.5. The van der Waals surface area contributed by atoms with E-state index in [0.29, 0.717) is 12.8 Å². The van der Waals surface area contributed by atoms with Crippen molar-refractivity contribution in [1.82, 2.24) is 4.90 Å². The third kappa shape index (κ3) is 3.95. The largest absolute Gasteiger partial charge is 0.479 e. The lowest BCUT2D eigenvalue weighted by molar-refractivity contribution is -0.143. The summed E-state index contributed by atoms with van der Waals surface area (Å²) >= 11 is 5.83. The van der Waals surface area contributed by atoms with Crippen LogP contribution in [-0.2, 0) is 9.53 Å². The predicted molar refractivity (Wildman–Crippen MR) is 122 cm³/mol. The van der Waals surface area contributed by atoms with Crippen LogP contribution in [0.5, 0.6) is 0 Å². The first kappa shape index (κ1) is 21.5. The summed E-state index contributed by atoms with van der Waals surface area (Å²) in [6.45, 7) is 0.0610. The van der Waals surface area contributed by atoms with Gasteiger partial charge in [-0.2, -0.15) is 0 Å². The van der Waals surface area contributed by atoms with Gasteiger partial charge in [-0.05, 0) is 47.2 Å². The molecule has 0 heterocycles. The summed E-state index contributed by atoms with van der Waals surface area (Å²) in [6, 6.07) is 17.9. The maximum absolute atomic E-state index is 14.6. The summed E-state index contributed by atoms with van der Waals surface area (Å²) in [6.07, 6.45) is 0.521. The van der Waals surface area contributed by atoms with Crippen LogP contribution in [0.25, 0.3) is 11.1 Å². The van der Waals surface area contributed by atoms with Gasteiger partial charge in [-0.1, -0.05) is 66.2 Å². The zero-order valence-corrected chi connectivity index (χ0v) is 18.3. The highest BCUT2D eigenvalue weighted by molar-refractivity contribution is 6.30. The van der Waals surface area contributed by atoms with Crippen molar-refractivity contribution in [3.63, 3.8) is 0 Å². The number of nitrogens with zero attached hydrogens (tertiary/aromatic N) is 1. The number of hydrogen-bond acceptors (Lipinski definition) is 3. The fourth-order valence-electron chi connectivity index (χ4n) is 4.61. The minimum Gasteiger partial charge on any atom is -0.479 e. The summed E-state index contributed by atoms with van der Waals surface area (Å²) in [7, 11) is 0. The van der Waals surface area contributed by atoms with Crippen molar-refractivity contribution in [3.8, 4) is 11.1 Å². The molecule has 5 rings (SSSR count). The molecule has 1 fully saturated rings. The van der Waals surface area contributed by atoms with Gasteiger partial charge in [0, 0.05) is 22.5 Å². The number of benzene rings is 3. The number of carboxylic acids is 1. The van der Waals surface area contributed by atoms with Crippen LogP contribution in [0.2, 0.25) is 5.02 Å². The van der Waals surface area contributed by atoms with Gasteiger partial charge < -0.3 is 9.84 Å². The molecule has 0 bridgehead atoms. The lowest BCUT2D eigenvalue weighted by Crippen LogP contribution is -2.41. The maximum Gasteiger partial charge on any atom is 0.411 e. The Labute approximate surface area is 195 Å². The first-order valence-electron chi connectivity index (χ1n) is 10.8. The van der Waals surface area contributed by atoms with Crippen molar-refractivity contribution in [2.45, 2.75) is 30.8 Å². The number of carbonyl (C=O) groups excluding carboxylic acids is 1. The van der Waals surface area contributed by atoms with Gasteiger partial charge in [-0.3, -0.25) is 4.90 Å². The van der Waals surface area contributed by atoms with Crippen LogP contribution in [0.1, 0.15) is 41.5 Å². The number of halogens is 2. The van der Waals surface area contributed by atoms with Gasteiger partial charge in [0.1, 0.15) is 12.4 Å². The molecule has 2 aliphatic rings. The fourth-order valence-corrected chi connectivity index (χ4v) is 4.77. The monoisotopic (exact) mass is 465 g/mol. The molecule has 33 heavy (non-hydrogen) atoms. The second-order valence-electron chi connectivity index (χ2n) is 8.35. The predicted octanol–water partition coefficient (Wildman–Crippen LogP) is 6.02. The first-order chi connectivity index (χ1) is 16.0. The Morgan fingerprint density at radius 3 is 2.18 bits per heavy atom. The van der Waals surface area contributed by atoms with Gasteiger partial charge in [0.05, 0.1) is 0 Å². The molecule has 7 heteroatoms. The molecule has 0 spiro atoms. The Morgan fingerprint density at radius 2 is 1.64 bits per heavy atom. The van der Waals surface area contributed by atoms with E-state index in [9.17, 15) is 19.1 Å². The lowest BCUT2D eigenvalue weighted by Gasteiger charge is -2.29. The van der Waals surface area contributed by atoms with Gasteiger partial charge in [0.15, 0.2) is 6.04 Å². The van der Waals surface area contributed by atoms with Crippen LogP contribution in [0, 0.1) is 5.82 Å². The Balaban J connectivity index is 1.42. The van der Waals surface area contributed by atoms with E-state index in [2.05, 4.69) is 0 Å².